The van der Waals surface area contributed by atoms with Gasteiger partial charge in [-0.25, -0.2) is 0 Å². The molecule has 0 saturated heterocycles. The fraction of sp³-hybridized carbons (Fsp3) is 0.533. The minimum atomic E-state index is 0.258. The molecular formula is C15H18ClNO. The molecule has 0 bridgehead atoms. The fourth-order valence-electron chi connectivity index (χ4n) is 2.70. The first-order valence-electron chi connectivity index (χ1n) is 6.73. The van der Waals surface area contributed by atoms with Gasteiger partial charge in [-0.1, -0.05) is 18.2 Å². The van der Waals surface area contributed by atoms with Crippen molar-refractivity contribution in [2.75, 3.05) is 5.88 Å². The summed E-state index contributed by atoms with van der Waals surface area (Å²) in [6, 6.07) is 6.91. The average Bonchev–Trinajstić information content (AvgIpc) is 3.11. The molecule has 2 nitrogen and oxygen atoms in total. The summed E-state index contributed by atoms with van der Waals surface area (Å²) in [5, 5.41) is 3.17. The lowest BCUT2D eigenvalue weighted by atomic mass is 10.1. The third-order valence-corrected chi connectivity index (χ3v) is 4.07. The lowest BCUT2D eigenvalue weighted by Gasteiger charge is -2.11. The standard InChI is InChI=1S/C15H18ClNO/c16-6-5-10-1-2-12-8-14(9-13(12)7-10)17-15(18)11-3-4-11/h1-2,7,11,14H,3-6,8-9H2,(H,17,18)/t14-/m1/s1. The molecule has 0 radical (unpaired) electrons. The van der Waals surface area contributed by atoms with Crippen molar-refractivity contribution in [2.24, 2.45) is 5.92 Å². The Morgan fingerprint density at radius 2 is 2.06 bits per heavy atom. The molecule has 3 rings (SSSR count). The minimum absolute atomic E-state index is 0.258. The highest BCUT2D eigenvalue weighted by Gasteiger charge is 2.32. The van der Waals surface area contributed by atoms with Gasteiger partial charge in [-0.3, -0.25) is 4.79 Å². The number of fused-ring (bicyclic) bond motifs is 1. The number of rotatable bonds is 4. The Balaban J connectivity index is 1.64. The van der Waals surface area contributed by atoms with E-state index in [2.05, 4.69) is 23.5 Å². The van der Waals surface area contributed by atoms with Crippen LogP contribution in [0.15, 0.2) is 18.2 Å². The molecule has 96 valence electrons. The summed E-state index contributed by atoms with van der Waals surface area (Å²) in [6.07, 6.45) is 5.03. The summed E-state index contributed by atoms with van der Waals surface area (Å²) in [7, 11) is 0. The first-order valence-corrected chi connectivity index (χ1v) is 7.26. The number of alkyl halides is 1. The number of benzene rings is 1. The van der Waals surface area contributed by atoms with E-state index in [0.29, 0.717) is 17.8 Å². The second-order valence-electron chi connectivity index (χ2n) is 5.43. The zero-order chi connectivity index (χ0) is 12.5. The Labute approximate surface area is 113 Å². The van der Waals surface area contributed by atoms with Crippen LogP contribution in [0.25, 0.3) is 0 Å². The van der Waals surface area contributed by atoms with Crippen LogP contribution in [0.4, 0.5) is 0 Å². The van der Waals surface area contributed by atoms with E-state index in [0.717, 1.165) is 32.1 Å². The molecule has 0 heterocycles. The summed E-state index contributed by atoms with van der Waals surface area (Å²) in [4.78, 5) is 11.8. The zero-order valence-corrected chi connectivity index (χ0v) is 11.2. The molecule has 2 aliphatic rings. The number of amides is 1. The zero-order valence-electron chi connectivity index (χ0n) is 10.4. The van der Waals surface area contributed by atoms with Gasteiger partial charge in [-0.2, -0.15) is 0 Å². The first kappa shape index (κ1) is 12.0. The van der Waals surface area contributed by atoms with Crippen molar-refractivity contribution in [1.29, 1.82) is 0 Å². The third kappa shape index (κ3) is 2.54. The summed E-state index contributed by atoms with van der Waals surface area (Å²) >= 11 is 5.77. The molecule has 2 aliphatic carbocycles. The normalized spacial score (nSPS) is 21.7. The van der Waals surface area contributed by atoms with E-state index < -0.39 is 0 Å². The van der Waals surface area contributed by atoms with Gasteiger partial charge in [0, 0.05) is 17.8 Å². The summed E-state index contributed by atoms with van der Waals surface area (Å²) < 4.78 is 0. The Bertz CT molecular complexity index is 468. The van der Waals surface area contributed by atoms with E-state index in [1.807, 2.05) is 0 Å². The molecule has 1 aromatic carbocycles. The molecule has 1 N–H and O–H groups in total. The summed E-state index contributed by atoms with van der Waals surface area (Å²) in [5.74, 6) is 1.23. The molecule has 1 amide bonds. The smallest absolute Gasteiger partial charge is 0.223 e. The van der Waals surface area contributed by atoms with Gasteiger partial charge in [-0.05, 0) is 48.8 Å². The number of hydrogen-bond donors (Lipinski definition) is 1. The van der Waals surface area contributed by atoms with Crippen molar-refractivity contribution in [1.82, 2.24) is 5.32 Å². The van der Waals surface area contributed by atoms with Crippen LogP contribution in [-0.4, -0.2) is 17.8 Å². The molecule has 1 saturated carbocycles. The Kier molecular flexibility index (Phi) is 3.29. The number of hydrogen-bond acceptors (Lipinski definition) is 1. The molecule has 1 atom stereocenters. The second-order valence-corrected chi connectivity index (χ2v) is 5.81. The van der Waals surface area contributed by atoms with Crippen LogP contribution in [0.3, 0.4) is 0 Å². The van der Waals surface area contributed by atoms with Crippen LogP contribution < -0.4 is 5.32 Å². The Hall–Kier alpha value is -1.02. The molecule has 0 aliphatic heterocycles. The van der Waals surface area contributed by atoms with Crippen molar-refractivity contribution in [2.45, 2.75) is 38.1 Å². The van der Waals surface area contributed by atoms with Crippen molar-refractivity contribution < 1.29 is 4.79 Å². The molecule has 1 fully saturated rings. The van der Waals surface area contributed by atoms with Crippen LogP contribution in [-0.2, 0) is 24.1 Å². The predicted octanol–water partition coefficient (Wildman–Crippen LogP) is 2.46. The van der Waals surface area contributed by atoms with E-state index in [1.165, 1.54) is 16.7 Å². The largest absolute Gasteiger partial charge is 0.352 e. The predicted molar refractivity (Wildman–Crippen MR) is 72.9 cm³/mol. The number of nitrogens with one attached hydrogen (secondary N) is 1. The molecule has 3 heteroatoms. The lowest BCUT2D eigenvalue weighted by Crippen LogP contribution is -2.36. The van der Waals surface area contributed by atoms with Crippen LogP contribution >= 0.6 is 11.6 Å². The summed E-state index contributed by atoms with van der Waals surface area (Å²) in [6.45, 7) is 0. The monoisotopic (exact) mass is 263 g/mol. The van der Waals surface area contributed by atoms with E-state index in [-0.39, 0.29) is 5.91 Å². The minimum Gasteiger partial charge on any atom is -0.352 e. The van der Waals surface area contributed by atoms with Gasteiger partial charge in [0.15, 0.2) is 0 Å². The number of carbonyl (C=O) groups excluding carboxylic acids is 1. The maximum absolute atomic E-state index is 11.8. The van der Waals surface area contributed by atoms with Crippen molar-refractivity contribution in [3.63, 3.8) is 0 Å². The molecule has 1 aromatic rings. The van der Waals surface area contributed by atoms with Crippen molar-refractivity contribution >= 4 is 17.5 Å². The highest BCUT2D eigenvalue weighted by Crippen LogP contribution is 2.30. The highest BCUT2D eigenvalue weighted by atomic mass is 35.5. The van der Waals surface area contributed by atoms with Gasteiger partial charge in [0.1, 0.15) is 0 Å². The van der Waals surface area contributed by atoms with Crippen molar-refractivity contribution in [3.05, 3.63) is 34.9 Å². The lowest BCUT2D eigenvalue weighted by molar-refractivity contribution is -0.122. The van der Waals surface area contributed by atoms with E-state index >= 15 is 0 Å². The Morgan fingerprint density at radius 1 is 1.28 bits per heavy atom. The van der Waals surface area contributed by atoms with Crippen LogP contribution in [0.5, 0.6) is 0 Å². The number of aryl methyl sites for hydroxylation is 1. The van der Waals surface area contributed by atoms with Gasteiger partial charge in [0.25, 0.3) is 0 Å². The molecule has 18 heavy (non-hydrogen) atoms. The molecular weight excluding hydrogens is 246 g/mol. The van der Waals surface area contributed by atoms with Crippen LogP contribution in [0.1, 0.15) is 29.5 Å². The maximum Gasteiger partial charge on any atom is 0.223 e. The van der Waals surface area contributed by atoms with E-state index in [9.17, 15) is 4.79 Å². The molecule has 0 spiro atoms. The number of carbonyl (C=O) groups is 1. The summed E-state index contributed by atoms with van der Waals surface area (Å²) in [5.41, 5.74) is 4.08. The molecule has 0 unspecified atom stereocenters. The topological polar surface area (TPSA) is 29.1 Å². The van der Waals surface area contributed by atoms with Crippen molar-refractivity contribution in [3.8, 4) is 0 Å². The SMILES string of the molecule is O=C(N[C@@H]1Cc2ccc(CCCl)cc2C1)C1CC1. The van der Waals surface area contributed by atoms with E-state index in [1.54, 1.807) is 0 Å². The van der Waals surface area contributed by atoms with Gasteiger partial charge >= 0.3 is 0 Å². The molecule has 0 aromatic heterocycles. The van der Waals surface area contributed by atoms with Crippen LogP contribution in [0, 0.1) is 5.92 Å². The second kappa shape index (κ2) is 4.93. The van der Waals surface area contributed by atoms with Gasteiger partial charge in [0.05, 0.1) is 0 Å². The maximum atomic E-state index is 11.8. The highest BCUT2D eigenvalue weighted by molar-refractivity contribution is 6.17. The third-order valence-electron chi connectivity index (χ3n) is 3.88. The van der Waals surface area contributed by atoms with Crippen LogP contribution in [0.2, 0.25) is 0 Å². The Morgan fingerprint density at radius 3 is 2.78 bits per heavy atom. The van der Waals surface area contributed by atoms with Gasteiger partial charge in [-0.15, -0.1) is 11.6 Å². The first-order chi connectivity index (χ1) is 8.76. The van der Waals surface area contributed by atoms with Gasteiger partial charge < -0.3 is 5.32 Å². The van der Waals surface area contributed by atoms with Gasteiger partial charge in [0.2, 0.25) is 5.91 Å². The average molecular weight is 264 g/mol. The fourth-order valence-corrected chi connectivity index (χ4v) is 2.92. The van der Waals surface area contributed by atoms with E-state index in [4.69, 9.17) is 11.6 Å². The number of halogens is 1. The quantitative estimate of drug-likeness (QED) is 0.831.